The van der Waals surface area contributed by atoms with Crippen LogP contribution in [0.3, 0.4) is 0 Å². The van der Waals surface area contributed by atoms with Crippen molar-refractivity contribution in [2.75, 3.05) is 18.9 Å². The van der Waals surface area contributed by atoms with E-state index in [2.05, 4.69) is 39.4 Å². The Morgan fingerprint density at radius 1 is 1.10 bits per heavy atom. The summed E-state index contributed by atoms with van der Waals surface area (Å²) in [7, 11) is 1.78. The van der Waals surface area contributed by atoms with Crippen molar-refractivity contribution < 1.29 is 4.39 Å². The van der Waals surface area contributed by atoms with Crippen LogP contribution in [0.2, 0.25) is 0 Å². The van der Waals surface area contributed by atoms with E-state index < -0.39 is 0 Å². The third-order valence-electron chi connectivity index (χ3n) is 4.44. The molecular weight excluding hydrogens is 365 g/mol. The van der Waals surface area contributed by atoms with Crippen LogP contribution in [0.4, 0.5) is 10.2 Å². The van der Waals surface area contributed by atoms with Crippen LogP contribution in [-0.2, 0) is 0 Å². The lowest BCUT2D eigenvalue weighted by molar-refractivity contribution is 0.628. The molecule has 2 aromatic heterocycles. The number of aromatic nitrogens is 3. The Morgan fingerprint density at radius 2 is 1.90 bits per heavy atom. The van der Waals surface area contributed by atoms with E-state index in [4.69, 9.17) is 4.98 Å². The lowest BCUT2D eigenvalue weighted by Gasteiger charge is -2.10. The highest BCUT2D eigenvalue weighted by molar-refractivity contribution is 5.93. The summed E-state index contributed by atoms with van der Waals surface area (Å²) in [5.41, 5.74) is 5.11. The second kappa shape index (κ2) is 9.68. The van der Waals surface area contributed by atoms with E-state index in [0.717, 1.165) is 34.5 Å². The molecule has 0 aliphatic heterocycles. The number of allylic oxidation sites excluding steroid dienone is 2. The molecule has 3 aromatic rings. The normalized spacial score (nSPS) is 12.7. The number of fused-ring (bicyclic) bond motifs is 1. The Kier molecular flexibility index (Phi) is 6.79. The molecule has 0 radical (unpaired) electrons. The maximum absolute atomic E-state index is 13.2. The molecule has 0 aliphatic rings. The molecule has 0 spiro atoms. The highest BCUT2D eigenvalue weighted by Gasteiger charge is 2.08. The first-order valence-corrected chi connectivity index (χ1v) is 9.52. The zero-order valence-corrected chi connectivity index (χ0v) is 16.9. The fourth-order valence-electron chi connectivity index (χ4n) is 2.80. The Hall–Kier alpha value is -3.41. The highest BCUT2D eigenvalue weighted by atomic mass is 19.1. The Balaban J connectivity index is 1.88. The zero-order chi connectivity index (χ0) is 20.6. The van der Waals surface area contributed by atoms with E-state index in [1.54, 1.807) is 19.2 Å². The fourth-order valence-corrected chi connectivity index (χ4v) is 2.80. The van der Waals surface area contributed by atoms with E-state index in [1.807, 2.05) is 25.1 Å². The van der Waals surface area contributed by atoms with Gasteiger partial charge in [-0.1, -0.05) is 19.1 Å². The summed E-state index contributed by atoms with van der Waals surface area (Å²) >= 11 is 0. The van der Waals surface area contributed by atoms with E-state index >= 15 is 0 Å². The summed E-state index contributed by atoms with van der Waals surface area (Å²) in [5.74, 6) is 0.391. The van der Waals surface area contributed by atoms with Gasteiger partial charge in [0, 0.05) is 24.9 Å². The summed E-state index contributed by atoms with van der Waals surface area (Å²) in [6, 6.07) is 10.1. The Morgan fingerprint density at radius 3 is 2.62 bits per heavy atom. The predicted molar refractivity (Wildman–Crippen MR) is 118 cm³/mol. The van der Waals surface area contributed by atoms with Gasteiger partial charge in [-0.15, -0.1) is 0 Å². The summed E-state index contributed by atoms with van der Waals surface area (Å²) in [6.07, 6.45) is 8.66. The van der Waals surface area contributed by atoms with Crippen LogP contribution in [0, 0.1) is 5.82 Å². The molecule has 0 aliphatic carbocycles. The topological polar surface area (TPSA) is 63.1 Å². The van der Waals surface area contributed by atoms with Crippen LogP contribution in [0.5, 0.6) is 0 Å². The van der Waals surface area contributed by atoms with Gasteiger partial charge in [-0.2, -0.15) is 0 Å². The second-order valence-electron chi connectivity index (χ2n) is 6.53. The van der Waals surface area contributed by atoms with Gasteiger partial charge in [0.1, 0.15) is 17.7 Å². The molecule has 0 unspecified atom stereocenters. The van der Waals surface area contributed by atoms with Gasteiger partial charge in [-0.3, -0.25) is 4.99 Å². The van der Waals surface area contributed by atoms with Gasteiger partial charge in [0.25, 0.3) is 0 Å². The molecule has 1 N–H and O–H groups in total. The van der Waals surface area contributed by atoms with Crippen molar-refractivity contribution in [1.29, 1.82) is 0 Å². The quantitative estimate of drug-likeness (QED) is 0.444. The van der Waals surface area contributed by atoms with Gasteiger partial charge in [0.2, 0.25) is 0 Å². The molecule has 148 valence electrons. The smallest absolute Gasteiger partial charge is 0.156 e. The van der Waals surface area contributed by atoms with Gasteiger partial charge < -0.3 is 5.32 Å². The van der Waals surface area contributed by atoms with Crippen molar-refractivity contribution in [3.63, 3.8) is 0 Å². The lowest BCUT2D eigenvalue weighted by atomic mass is 10.1. The predicted octanol–water partition coefficient (Wildman–Crippen LogP) is 5.23. The molecule has 2 heterocycles. The van der Waals surface area contributed by atoms with Crippen molar-refractivity contribution in [3.05, 3.63) is 72.3 Å². The Bertz CT molecular complexity index is 1070. The number of benzene rings is 1. The molecule has 0 bridgehead atoms. The molecular formula is C23H24FN5. The van der Waals surface area contributed by atoms with Crippen LogP contribution >= 0.6 is 0 Å². The number of nitrogens with zero attached hydrogens (tertiary/aromatic N) is 4. The van der Waals surface area contributed by atoms with E-state index in [-0.39, 0.29) is 5.82 Å². The van der Waals surface area contributed by atoms with Crippen LogP contribution in [-0.4, -0.2) is 34.3 Å². The summed E-state index contributed by atoms with van der Waals surface area (Å²) < 4.78 is 13.2. The highest BCUT2D eigenvalue weighted by Crippen LogP contribution is 2.23. The fraction of sp³-hybridized carbons (Fsp3) is 0.217. The van der Waals surface area contributed by atoms with Crippen LogP contribution < -0.4 is 5.32 Å². The number of nitrogens with one attached hydrogen (secondary N) is 1. The van der Waals surface area contributed by atoms with E-state index in [9.17, 15) is 4.39 Å². The lowest BCUT2D eigenvalue weighted by Crippen LogP contribution is -2.07. The molecule has 5 nitrogen and oxygen atoms in total. The molecule has 0 fully saturated rings. The van der Waals surface area contributed by atoms with Crippen molar-refractivity contribution in [2.45, 2.75) is 20.3 Å². The van der Waals surface area contributed by atoms with Gasteiger partial charge in [0.15, 0.2) is 5.82 Å². The van der Waals surface area contributed by atoms with Crippen molar-refractivity contribution in [1.82, 2.24) is 15.0 Å². The maximum atomic E-state index is 13.2. The first kappa shape index (κ1) is 20.3. The first-order valence-electron chi connectivity index (χ1n) is 9.52. The number of anilines is 1. The molecule has 29 heavy (non-hydrogen) atoms. The first-order chi connectivity index (χ1) is 14.1. The van der Waals surface area contributed by atoms with Crippen LogP contribution in [0.1, 0.15) is 20.3 Å². The second-order valence-corrected chi connectivity index (χ2v) is 6.53. The van der Waals surface area contributed by atoms with Crippen molar-refractivity contribution in [2.24, 2.45) is 4.99 Å². The summed E-state index contributed by atoms with van der Waals surface area (Å²) in [5, 5.41) is 3.37. The molecule has 0 saturated carbocycles. The van der Waals surface area contributed by atoms with Gasteiger partial charge in [-0.25, -0.2) is 19.3 Å². The number of rotatable bonds is 7. The minimum Gasteiger partial charge on any atom is -0.364 e. The third kappa shape index (κ3) is 5.31. The minimum absolute atomic E-state index is 0.271. The molecule has 6 heteroatoms. The minimum atomic E-state index is -0.271. The van der Waals surface area contributed by atoms with Crippen LogP contribution in [0.25, 0.3) is 22.3 Å². The maximum Gasteiger partial charge on any atom is 0.156 e. The van der Waals surface area contributed by atoms with Gasteiger partial charge in [0.05, 0.1) is 11.2 Å². The van der Waals surface area contributed by atoms with Crippen molar-refractivity contribution >= 4 is 22.6 Å². The number of aliphatic imine (C=N–C) groups is 1. The standard InChI is InChI=1S/C23H24FN5/c1-4-5-17(7-6-16(2)25-3)14-26-23-22-21(27-15-28-23)13-12-20(29-22)18-8-10-19(24)11-9-18/h5-13,15H,4,14H2,1-3H3,(H,26,27,28)/b7-6-,17-5-,25-16?. The number of hydrogen-bond donors (Lipinski definition) is 1. The molecule has 0 atom stereocenters. The zero-order valence-electron chi connectivity index (χ0n) is 16.9. The largest absolute Gasteiger partial charge is 0.364 e. The molecule has 3 rings (SSSR count). The molecule has 1 aromatic carbocycles. The summed E-state index contributed by atoms with van der Waals surface area (Å²) in [6.45, 7) is 4.67. The Labute approximate surface area is 170 Å². The van der Waals surface area contributed by atoms with Crippen molar-refractivity contribution in [3.8, 4) is 11.3 Å². The number of pyridine rings is 1. The van der Waals surface area contributed by atoms with E-state index in [1.165, 1.54) is 18.5 Å². The SMILES string of the molecule is CC/C=C(/C=C\C(C)=NC)CNc1ncnc2ccc(-c3ccc(F)cc3)nc12. The average Bonchev–Trinajstić information content (AvgIpc) is 2.75. The van der Waals surface area contributed by atoms with Gasteiger partial charge >= 0.3 is 0 Å². The monoisotopic (exact) mass is 389 g/mol. The molecule has 0 amide bonds. The van der Waals surface area contributed by atoms with Crippen LogP contribution in [0.15, 0.2) is 71.5 Å². The third-order valence-corrected chi connectivity index (χ3v) is 4.44. The summed E-state index contributed by atoms with van der Waals surface area (Å²) in [4.78, 5) is 17.6. The van der Waals surface area contributed by atoms with Gasteiger partial charge in [-0.05, 0) is 61.4 Å². The number of hydrogen-bond acceptors (Lipinski definition) is 5. The van der Waals surface area contributed by atoms with E-state index in [0.29, 0.717) is 17.9 Å². The molecule has 0 saturated heterocycles. The average molecular weight is 389 g/mol. The number of halogens is 1.